The molecule has 1 aliphatic rings. The van der Waals surface area contributed by atoms with Crippen LogP contribution in [0.2, 0.25) is 0 Å². The van der Waals surface area contributed by atoms with Gasteiger partial charge in [0.1, 0.15) is 17.6 Å². The third-order valence-corrected chi connectivity index (χ3v) is 6.11. The molecule has 38 heavy (non-hydrogen) atoms. The maximum Gasteiger partial charge on any atom is 0.299 e. The summed E-state index contributed by atoms with van der Waals surface area (Å²) in [5.74, 6) is 6.83. The molecule has 4 aromatic heterocycles. The molecule has 5 rings (SSSR count). The summed E-state index contributed by atoms with van der Waals surface area (Å²) in [6.07, 6.45) is 5.08. The second-order valence-electron chi connectivity index (χ2n) is 8.41. The topological polar surface area (TPSA) is 104 Å². The van der Waals surface area contributed by atoms with Crippen molar-refractivity contribution in [2.45, 2.75) is 6.92 Å². The normalized spacial score (nSPS) is 12.8. The summed E-state index contributed by atoms with van der Waals surface area (Å²) in [5.41, 5.74) is 3.24. The SMILES string of the molecule is [C-]#[N+]c1cccc(C#CC(=O)N2CCN(c3ccc(-c4cc(OCC)cn5ncc(C#N)c45)cn3)CC2)n1. The highest BCUT2D eigenvalue weighted by Crippen LogP contribution is 2.31. The van der Waals surface area contributed by atoms with Crippen molar-refractivity contribution in [2.24, 2.45) is 0 Å². The molecule has 1 amide bonds. The third kappa shape index (κ3) is 4.95. The van der Waals surface area contributed by atoms with Crippen molar-refractivity contribution in [1.29, 1.82) is 5.26 Å². The quantitative estimate of drug-likeness (QED) is 0.312. The average Bonchev–Trinajstić information content (AvgIpc) is 3.39. The van der Waals surface area contributed by atoms with E-state index in [1.807, 2.05) is 25.1 Å². The standard InChI is InChI=1S/C28H22N8O2/c1-3-38-23-15-24(28-21(16-29)18-32-36(28)19-23)20-7-9-26(31-17-20)34-11-13-35(14-12-34)27(37)10-8-22-5-4-6-25(30-2)33-22/h4-7,9,15,17-19H,3,11-14H2,1H3. The first-order valence-corrected chi connectivity index (χ1v) is 12.0. The zero-order valence-corrected chi connectivity index (χ0v) is 20.6. The van der Waals surface area contributed by atoms with Crippen molar-refractivity contribution in [3.8, 4) is 34.8 Å². The number of rotatable bonds is 4. The van der Waals surface area contributed by atoms with Crippen LogP contribution >= 0.6 is 0 Å². The first-order valence-electron chi connectivity index (χ1n) is 12.0. The van der Waals surface area contributed by atoms with E-state index in [2.05, 4.69) is 42.7 Å². The highest BCUT2D eigenvalue weighted by atomic mass is 16.5. The van der Waals surface area contributed by atoms with Gasteiger partial charge in [-0.25, -0.2) is 9.50 Å². The number of nitrogens with zero attached hydrogens (tertiary/aromatic N) is 8. The van der Waals surface area contributed by atoms with Crippen molar-refractivity contribution in [3.05, 3.63) is 77.7 Å². The van der Waals surface area contributed by atoms with Crippen molar-refractivity contribution < 1.29 is 9.53 Å². The Bertz CT molecular complexity index is 1640. The van der Waals surface area contributed by atoms with Gasteiger partial charge in [-0.05, 0) is 43.2 Å². The molecule has 0 saturated carbocycles. The smallest absolute Gasteiger partial charge is 0.299 e. The molecule has 1 aliphatic heterocycles. The summed E-state index contributed by atoms with van der Waals surface area (Å²) >= 11 is 0. The van der Waals surface area contributed by atoms with E-state index in [0.717, 1.165) is 16.9 Å². The molecular weight excluding hydrogens is 480 g/mol. The first-order chi connectivity index (χ1) is 18.6. The van der Waals surface area contributed by atoms with Crippen LogP contribution in [0.3, 0.4) is 0 Å². The number of piperazine rings is 1. The number of hydrogen-bond acceptors (Lipinski definition) is 7. The largest absolute Gasteiger partial charge is 0.492 e. The van der Waals surface area contributed by atoms with Crippen molar-refractivity contribution in [1.82, 2.24) is 24.5 Å². The minimum Gasteiger partial charge on any atom is -0.492 e. The van der Waals surface area contributed by atoms with Crippen LogP contribution < -0.4 is 9.64 Å². The van der Waals surface area contributed by atoms with Crippen molar-refractivity contribution >= 4 is 23.1 Å². The van der Waals surface area contributed by atoms with E-state index in [4.69, 9.17) is 11.3 Å². The molecule has 0 radical (unpaired) electrons. The fourth-order valence-electron chi connectivity index (χ4n) is 4.27. The number of amides is 1. The Kier molecular flexibility index (Phi) is 6.84. The Morgan fingerprint density at radius 1 is 1.18 bits per heavy atom. The molecule has 0 unspecified atom stereocenters. The van der Waals surface area contributed by atoms with E-state index in [1.54, 1.807) is 46.2 Å². The first kappa shape index (κ1) is 24.3. The van der Waals surface area contributed by atoms with Gasteiger partial charge in [0.2, 0.25) is 5.69 Å². The molecule has 186 valence electrons. The lowest BCUT2D eigenvalue weighted by Gasteiger charge is -2.34. The van der Waals surface area contributed by atoms with Crippen LogP contribution in [0.25, 0.3) is 21.5 Å². The number of carbonyl (C=O) groups is 1. The maximum absolute atomic E-state index is 12.6. The third-order valence-electron chi connectivity index (χ3n) is 6.11. The highest BCUT2D eigenvalue weighted by molar-refractivity contribution is 5.94. The molecular formula is C28H22N8O2. The number of ether oxygens (including phenoxy) is 1. The van der Waals surface area contributed by atoms with Crippen molar-refractivity contribution in [2.75, 3.05) is 37.7 Å². The van der Waals surface area contributed by atoms with Gasteiger partial charge < -0.3 is 19.4 Å². The lowest BCUT2D eigenvalue weighted by atomic mass is 10.1. The average molecular weight is 503 g/mol. The molecule has 0 N–H and O–H groups in total. The molecule has 0 aromatic carbocycles. The van der Waals surface area contributed by atoms with Crippen LogP contribution in [0.15, 0.2) is 55.0 Å². The van der Waals surface area contributed by atoms with E-state index < -0.39 is 0 Å². The predicted octanol–water partition coefficient (Wildman–Crippen LogP) is 3.31. The molecule has 0 bridgehead atoms. The van der Waals surface area contributed by atoms with Crippen LogP contribution in [0, 0.1) is 29.7 Å². The Morgan fingerprint density at radius 2 is 2.03 bits per heavy atom. The van der Waals surface area contributed by atoms with Gasteiger partial charge in [0.25, 0.3) is 11.7 Å². The summed E-state index contributed by atoms with van der Waals surface area (Å²) in [4.78, 5) is 28.4. The second kappa shape index (κ2) is 10.7. The molecule has 0 aliphatic carbocycles. The van der Waals surface area contributed by atoms with Gasteiger partial charge in [-0.1, -0.05) is 12.6 Å². The second-order valence-corrected chi connectivity index (χ2v) is 8.41. The van der Waals surface area contributed by atoms with E-state index in [1.165, 1.54) is 0 Å². The molecule has 0 spiro atoms. The summed E-state index contributed by atoms with van der Waals surface area (Å²) in [7, 11) is 0. The van der Waals surface area contributed by atoms with Crippen LogP contribution in [-0.2, 0) is 4.79 Å². The molecule has 4 aromatic rings. The summed E-state index contributed by atoms with van der Waals surface area (Å²) < 4.78 is 7.35. The molecule has 0 atom stereocenters. The molecule has 1 fully saturated rings. The number of aromatic nitrogens is 4. The molecule has 10 nitrogen and oxygen atoms in total. The van der Waals surface area contributed by atoms with E-state index >= 15 is 0 Å². The summed E-state index contributed by atoms with van der Waals surface area (Å²) in [5, 5.41) is 13.8. The zero-order chi connectivity index (χ0) is 26.5. The lowest BCUT2D eigenvalue weighted by molar-refractivity contribution is -0.125. The van der Waals surface area contributed by atoms with Gasteiger partial charge in [0.05, 0.1) is 30.1 Å². The number of nitriles is 1. The number of pyridine rings is 3. The van der Waals surface area contributed by atoms with Crippen LogP contribution in [0.1, 0.15) is 18.2 Å². The fourth-order valence-corrected chi connectivity index (χ4v) is 4.27. The van der Waals surface area contributed by atoms with Gasteiger partial charge in [-0.15, -0.1) is 4.98 Å². The lowest BCUT2D eigenvalue weighted by Crippen LogP contribution is -2.48. The zero-order valence-electron chi connectivity index (χ0n) is 20.6. The summed E-state index contributed by atoms with van der Waals surface area (Å²) in [6.45, 7) is 11.7. The van der Waals surface area contributed by atoms with Gasteiger partial charge in [-0.3, -0.25) is 4.79 Å². The number of carbonyl (C=O) groups excluding carboxylic acids is 1. The van der Waals surface area contributed by atoms with E-state index in [9.17, 15) is 10.1 Å². The summed E-state index contributed by atoms with van der Waals surface area (Å²) in [6, 6.07) is 13.0. The molecule has 1 saturated heterocycles. The maximum atomic E-state index is 12.6. The predicted molar refractivity (Wildman–Crippen MR) is 140 cm³/mol. The number of hydrogen-bond donors (Lipinski definition) is 0. The number of anilines is 1. The fraction of sp³-hybridized carbons (Fsp3) is 0.214. The Hall–Kier alpha value is -5.40. The molecule has 5 heterocycles. The highest BCUT2D eigenvalue weighted by Gasteiger charge is 2.21. The van der Waals surface area contributed by atoms with Gasteiger partial charge in [0.15, 0.2) is 0 Å². The minimum absolute atomic E-state index is 0.249. The number of fused-ring (bicyclic) bond motifs is 1. The van der Waals surface area contributed by atoms with Gasteiger partial charge in [0, 0.05) is 49.4 Å². The molecule has 10 heteroatoms. The monoisotopic (exact) mass is 502 g/mol. The van der Waals surface area contributed by atoms with Gasteiger partial charge in [-0.2, -0.15) is 10.4 Å². The Balaban J connectivity index is 1.28. The Morgan fingerprint density at radius 3 is 2.74 bits per heavy atom. The van der Waals surface area contributed by atoms with Crippen LogP contribution in [0.5, 0.6) is 5.75 Å². The van der Waals surface area contributed by atoms with Crippen LogP contribution in [0.4, 0.5) is 11.6 Å². The minimum atomic E-state index is -0.268. The van der Waals surface area contributed by atoms with Gasteiger partial charge >= 0.3 is 0 Å². The van der Waals surface area contributed by atoms with Crippen molar-refractivity contribution in [3.63, 3.8) is 0 Å². The van der Waals surface area contributed by atoms with Crippen LogP contribution in [-0.4, -0.2) is 63.2 Å². The Labute approximate surface area is 219 Å². The van der Waals surface area contributed by atoms with E-state index in [-0.39, 0.29) is 11.7 Å². The van der Waals surface area contributed by atoms with E-state index in [0.29, 0.717) is 55.3 Å².